The summed E-state index contributed by atoms with van der Waals surface area (Å²) in [4.78, 5) is 7.73. The molecule has 3 heterocycles. The Morgan fingerprint density at radius 3 is 2.44 bits per heavy atom. The number of hydrogen-bond acceptors (Lipinski definition) is 4. The molecule has 2 aliphatic rings. The SMILES string of the molecule is CCC1CCC(N2CCC(Nc3cc(-c4ccccc4C)nc4c(C)cnn34)CC2)CC1. The van der Waals surface area contributed by atoms with E-state index in [4.69, 9.17) is 4.98 Å². The number of fused-ring (bicyclic) bond motifs is 1. The highest BCUT2D eigenvalue weighted by Gasteiger charge is 2.28. The Hall–Kier alpha value is -2.40. The van der Waals surface area contributed by atoms with Crippen molar-refractivity contribution in [1.82, 2.24) is 19.5 Å². The molecule has 0 amide bonds. The van der Waals surface area contributed by atoms with E-state index >= 15 is 0 Å². The smallest absolute Gasteiger partial charge is 0.160 e. The summed E-state index contributed by atoms with van der Waals surface area (Å²) in [7, 11) is 0. The number of nitrogens with one attached hydrogen (secondary N) is 1. The van der Waals surface area contributed by atoms with Crippen LogP contribution < -0.4 is 5.32 Å². The predicted octanol–water partition coefficient (Wildman–Crippen LogP) is 5.86. The molecule has 0 bridgehead atoms. The van der Waals surface area contributed by atoms with Crippen LogP contribution in [0.5, 0.6) is 0 Å². The maximum Gasteiger partial charge on any atom is 0.160 e. The third-order valence-electron chi connectivity index (χ3n) is 7.86. The molecule has 32 heavy (non-hydrogen) atoms. The quantitative estimate of drug-likeness (QED) is 0.550. The van der Waals surface area contributed by atoms with Crippen molar-refractivity contribution in [2.75, 3.05) is 18.4 Å². The lowest BCUT2D eigenvalue weighted by atomic mass is 9.83. The summed E-state index contributed by atoms with van der Waals surface area (Å²) in [5.41, 5.74) is 5.51. The second-order valence-electron chi connectivity index (χ2n) is 9.94. The van der Waals surface area contributed by atoms with Gasteiger partial charge in [-0.15, -0.1) is 0 Å². The summed E-state index contributed by atoms with van der Waals surface area (Å²) >= 11 is 0. The van der Waals surface area contributed by atoms with E-state index in [-0.39, 0.29) is 0 Å². The van der Waals surface area contributed by atoms with Gasteiger partial charge >= 0.3 is 0 Å². The molecule has 5 nitrogen and oxygen atoms in total. The molecular formula is C27H37N5. The van der Waals surface area contributed by atoms with Crippen molar-refractivity contribution in [3.05, 3.63) is 47.7 Å². The minimum atomic E-state index is 0.484. The minimum absolute atomic E-state index is 0.484. The monoisotopic (exact) mass is 431 g/mol. The highest BCUT2D eigenvalue weighted by molar-refractivity contribution is 5.70. The lowest BCUT2D eigenvalue weighted by Crippen LogP contribution is -2.46. The number of hydrogen-bond donors (Lipinski definition) is 1. The van der Waals surface area contributed by atoms with Crippen LogP contribution >= 0.6 is 0 Å². The Morgan fingerprint density at radius 1 is 0.969 bits per heavy atom. The van der Waals surface area contributed by atoms with Gasteiger partial charge in [-0.3, -0.25) is 0 Å². The van der Waals surface area contributed by atoms with Gasteiger partial charge in [-0.1, -0.05) is 37.6 Å². The Bertz CT molecular complexity index is 1060. The van der Waals surface area contributed by atoms with Crippen molar-refractivity contribution < 1.29 is 0 Å². The fraction of sp³-hybridized carbons (Fsp3) is 0.556. The van der Waals surface area contributed by atoms with Crippen molar-refractivity contribution in [1.29, 1.82) is 0 Å². The van der Waals surface area contributed by atoms with Crippen molar-refractivity contribution >= 4 is 11.5 Å². The number of anilines is 1. The van der Waals surface area contributed by atoms with Gasteiger partial charge in [0.25, 0.3) is 0 Å². The van der Waals surface area contributed by atoms with Gasteiger partial charge in [0.2, 0.25) is 0 Å². The summed E-state index contributed by atoms with van der Waals surface area (Å²) in [5.74, 6) is 2.03. The number of nitrogens with zero attached hydrogens (tertiary/aromatic N) is 4. The standard InChI is InChI=1S/C27H37N5/c1-4-21-9-11-23(12-10-21)31-15-13-22(14-16-31)29-26-17-25(24-8-6-5-7-19(24)2)30-27-20(3)18-28-32(26)27/h5-8,17-18,21-23,29H,4,9-16H2,1-3H3. The van der Waals surface area contributed by atoms with Gasteiger partial charge in [-0.25, -0.2) is 4.98 Å². The van der Waals surface area contributed by atoms with Gasteiger partial charge in [-0.2, -0.15) is 9.61 Å². The van der Waals surface area contributed by atoms with Crippen molar-refractivity contribution in [3.8, 4) is 11.3 Å². The molecule has 3 aromatic rings. The maximum absolute atomic E-state index is 4.96. The first-order valence-corrected chi connectivity index (χ1v) is 12.5. The zero-order valence-corrected chi connectivity index (χ0v) is 19.8. The third-order valence-corrected chi connectivity index (χ3v) is 7.86. The summed E-state index contributed by atoms with van der Waals surface area (Å²) in [6.45, 7) is 9.00. The molecule has 0 spiro atoms. The van der Waals surface area contributed by atoms with E-state index in [2.05, 4.69) is 66.4 Å². The van der Waals surface area contributed by atoms with Crippen LogP contribution in [0.4, 0.5) is 5.82 Å². The highest BCUT2D eigenvalue weighted by Crippen LogP contribution is 2.32. The first-order valence-electron chi connectivity index (χ1n) is 12.5. The van der Waals surface area contributed by atoms with Gasteiger partial charge in [0.1, 0.15) is 5.82 Å². The molecule has 0 atom stereocenters. The van der Waals surface area contributed by atoms with Gasteiger partial charge in [0.15, 0.2) is 5.65 Å². The fourth-order valence-corrected chi connectivity index (χ4v) is 5.71. The average molecular weight is 432 g/mol. The molecule has 1 saturated heterocycles. The number of likely N-dealkylation sites (tertiary alicyclic amines) is 1. The lowest BCUT2D eigenvalue weighted by molar-refractivity contribution is 0.110. The molecule has 1 aliphatic heterocycles. The molecule has 2 aromatic heterocycles. The molecule has 1 aliphatic carbocycles. The molecule has 0 radical (unpaired) electrons. The first-order chi connectivity index (χ1) is 15.6. The molecule has 2 fully saturated rings. The second kappa shape index (κ2) is 9.22. The van der Waals surface area contributed by atoms with Crippen LogP contribution in [0, 0.1) is 19.8 Å². The van der Waals surface area contributed by atoms with Crippen LogP contribution in [0.1, 0.15) is 63.0 Å². The molecule has 1 N–H and O–H groups in total. The summed E-state index contributed by atoms with van der Waals surface area (Å²) in [6.07, 6.45) is 11.3. The van der Waals surface area contributed by atoms with Gasteiger partial charge < -0.3 is 10.2 Å². The van der Waals surface area contributed by atoms with E-state index in [1.165, 1.54) is 69.2 Å². The molecular weight excluding hydrogens is 394 g/mol. The van der Waals surface area contributed by atoms with E-state index in [1.54, 1.807) is 0 Å². The normalized spacial score (nSPS) is 23.0. The average Bonchev–Trinajstić information content (AvgIpc) is 3.21. The zero-order valence-electron chi connectivity index (χ0n) is 19.8. The largest absolute Gasteiger partial charge is 0.367 e. The number of benzene rings is 1. The van der Waals surface area contributed by atoms with Crippen molar-refractivity contribution in [3.63, 3.8) is 0 Å². The van der Waals surface area contributed by atoms with Crippen molar-refractivity contribution in [2.45, 2.75) is 77.8 Å². The van der Waals surface area contributed by atoms with E-state index < -0.39 is 0 Å². The topological polar surface area (TPSA) is 45.5 Å². The van der Waals surface area contributed by atoms with E-state index in [1.807, 2.05) is 10.7 Å². The highest BCUT2D eigenvalue weighted by atomic mass is 15.3. The lowest BCUT2D eigenvalue weighted by Gasteiger charge is -2.41. The van der Waals surface area contributed by atoms with E-state index in [0.29, 0.717) is 6.04 Å². The predicted molar refractivity (Wildman–Crippen MR) is 132 cm³/mol. The number of rotatable bonds is 5. The summed E-state index contributed by atoms with van der Waals surface area (Å²) in [5, 5.41) is 8.47. The fourth-order valence-electron chi connectivity index (χ4n) is 5.71. The number of aromatic nitrogens is 3. The summed E-state index contributed by atoms with van der Waals surface area (Å²) in [6, 6.07) is 12.0. The molecule has 1 saturated carbocycles. The number of aryl methyl sites for hydroxylation is 2. The third kappa shape index (κ3) is 4.27. The maximum atomic E-state index is 4.96. The van der Waals surface area contributed by atoms with Gasteiger partial charge in [-0.05, 0) is 63.9 Å². The summed E-state index contributed by atoms with van der Waals surface area (Å²) < 4.78 is 1.98. The molecule has 0 unspecified atom stereocenters. The van der Waals surface area contributed by atoms with E-state index in [0.717, 1.165) is 34.7 Å². The van der Waals surface area contributed by atoms with Crippen LogP contribution in [-0.4, -0.2) is 44.7 Å². The Kier molecular flexibility index (Phi) is 6.18. The van der Waals surface area contributed by atoms with Crippen LogP contribution in [0.3, 0.4) is 0 Å². The minimum Gasteiger partial charge on any atom is -0.367 e. The molecule has 5 rings (SSSR count). The zero-order chi connectivity index (χ0) is 22.1. The molecule has 170 valence electrons. The van der Waals surface area contributed by atoms with Crippen molar-refractivity contribution in [2.24, 2.45) is 5.92 Å². The molecule has 5 heteroatoms. The van der Waals surface area contributed by atoms with Crippen LogP contribution in [0.2, 0.25) is 0 Å². The van der Waals surface area contributed by atoms with Crippen LogP contribution in [0.15, 0.2) is 36.5 Å². The van der Waals surface area contributed by atoms with Gasteiger partial charge in [0.05, 0.1) is 11.9 Å². The van der Waals surface area contributed by atoms with Crippen LogP contribution in [-0.2, 0) is 0 Å². The number of piperidine rings is 1. The van der Waals surface area contributed by atoms with E-state index in [9.17, 15) is 0 Å². The van der Waals surface area contributed by atoms with Gasteiger partial charge in [0, 0.05) is 42.4 Å². The Labute approximate surface area is 192 Å². The first kappa shape index (κ1) is 21.4. The Balaban J connectivity index is 1.31. The second-order valence-corrected chi connectivity index (χ2v) is 9.94. The van der Waals surface area contributed by atoms with Crippen LogP contribution in [0.25, 0.3) is 16.9 Å². The Morgan fingerprint density at radius 2 is 1.72 bits per heavy atom. The molecule has 1 aromatic carbocycles.